The number of hydrogen-bond donors (Lipinski definition) is 1. The fraction of sp³-hybridized carbons (Fsp3) is 0.375. The summed E-state index contributed by atoms with van der Waals surface area (Å²) in [7, 11) is 0. The minimum atomic E-state index is -0.153. The van der Waals surface area contributed by atoms with Gasteiger partial charge in [0.05, 0.1) is 36.3 Å². The molecule has 0 amide bonds. The van der Waals surface area contributed by atoms with Crippen molar-refractivity contribution in [2.45, 2.75) is 31.9 Å². The van der Waals surface area contributed by atoms with Gasteiger partial charge in [-0.2, -0.15) is 0 Å². The molecule has 4 heteroatoms. The van der Waals surface area contributed by atoms with Crippen molar-refractivity contribution in [2.24, 2.45) is 5.73 Å². The molecule has 0 saturated carbocycles. The van der Waals surface area contributed by atoms with Crippen LogP contribution >= 0.6 is 0 Å². The molecule has 0 saturated heterocycles. The Bertz CT molecular complexity index is 583. The molecule has 0 spiro atoms. The highest BCUT2D eigenvalue weighted by molar-refractivity contribution is 5.31. The molecule has 0 aliphatic carbocycles. The van der Waals surface area contributed by atoms with Crippen LogP contribution in [0.2, 0.25) is 0 Å². The van der Waals surface area contributed by atoms with Crippen LogP contribution in [0, 0.1) is 6.92 Å². The minimum Gasteiger partial charge on any atom is -0.373 e. The molecule has 104 valence electrons. The van der Waals surface area contributed by atoms with Crippen molar-refractivity contribution in [1.29, 1.82) is 0 Å². The second-order valence-electron chi connectivity index (χ2n) is 5.23. The largest absolute Gasteiger partial charge is 0.373 e. The lowest BCUT2D eigenvalue weighted by Crippen LogP contribution is -2.22. The van der Waals surface area contributed by atoms with Crippen molar-refractivity contribution in [2.75, 3.05) is 6.61 Å². The molecule has 2 N–H and O–H groups in total. The molecule has 1 aromatic heterocycles. The quantitative estimate of drug-likeness (QED) is 0.930. The summed E-state index contributed by atoms with van der Waals surface area (Å²) in [5.74, 6) is 0. The van der Waals surface area contributed by atoms with Crippen molar-refractivity contribution in [3.63, 3.8) is 0 Å². The lowest BCUT2D eigenvalue weighted by molar-refractivity contribution is 0.0317. The van der Waals surface area contributed by atoms with Gasteiger partial charge in [0.15, 0.2) is 0 Å². The summed E-state index contributed by atoms with van der Waals surface area (Å²) in [6, 6.07) is 8.28. The standard InChI is InChI=1S/C16H19N3O/c1-11-9-19-15(10-18-11)14(17)8-16-13-5-3-2-4-12(13)6-7-20-16/h2-5,9-10,14,16H,6-8,17H2,1H3. The van der Waals surface area contributed by atoms with Crippen molar-refractivity contribution >= 4 is 0 Å². The minimum absolute atomic E-state index is 0.0538. The number of rotatable bonds is 3. The van der Waals surface area contributed by atoms with Gasteiger partial charge in [-0.1, -0.05) is 24.3 Å². The van der Waals surface area contributed by atoms with Crippen LogP contribution in [0.3, 0.4) is 0 Å². The van der Waals surface area contributed by atoms with Crippen molar-refractivity contribution in [3.8, 4) is 0 Å². The molecule has 0 radical (unpaired) electrons. The van der Waals surface area contributed by atoms with Crippen LogP contribution in [0.25, 0.3) is 0 Å². The zero-order chi connectivity index (χ0) is 13.9. The molecule has 1 aromatic carbocycles. The number of nitrogens with two attached hydrogens (primary N) is 1. The molecule has 2 heterocycles. The van der Waals surface area contributed by atoms with E-state index >= 15 is 0 Å². The number of fused-ring (bicyclic) bond motifs is 1. The van der Waals surface area contributed by atoms with Crippen LogP contribution in [-0.4, -0.2) is 16.6 Å². The van der Waals surface area contributed by atoms with Crippen LogP contribution in [0.4, 0.5) is 0 Å². The Morgan fingerprint density at radius 1 is 1.30 bits per heavy atom. The summed E-state index contributed by atoms with van der Waals surface area (Å²) in [5.41, 5.74) is 10.6. The SMILES string of the molecule is Cc1cnc(C(N)CC2OCCc3ccccc32)cn1. The van der Waals surface area contributed by atoms with Crippen LogP contribution in [0.1, 0.15) is 41.1 Å². The molecule has 1 aliphatic rings. The summed E-state index contributed by atoms with van der Waals surface area (Å²) >= 11 is 0. The summed E-state index contributed by atoms with van der Waals surface area (Å²) in [5, 5.41) is 0. The molecule has 0 bridgehead atoms. The summed E-state index contributed by atoms with van der Waals surface area (Å²) in [6.45, 7) is 2.68. The molecule has 3 rings (SSSR count). The Morgan fingerprint density at radius 2 is 2.15 bits per heavy atom. The van der Waals surface area contributed by atoms with Gasteiger partial charge < -0.3 is 10.5 Å². The first-order chi connectivity index (χ1) is 9.74. The van der Waals surface area contributed by atoms with Gasteiger partial charge in [0.1, 0.15) is 0 Å². The smallest absolute Gasteiger partial charge is 0.0846 e. The van der Waals surface area contributed by atoms with E-state index in [-0.39, 0.29) is 12.1 Å². The third-order valence-electron chi connectivity index (χ3n) is 3.74. The Labute approximate surface area is 119 Å². The van der Waals surface area contributed by atoms with Crippen LogP contribution < -0.4 is 5.73 Å². The number of aryl methyl sites for hydroxylation is 1. The van der Waals surface area contributed by atoms with Gasteiger partial charge in [0, 0.05) is 6.20 Å². The molecule has 0 fully saturated rings. The number of aromatic nitrogens is 2. The summed E-state index contributed by atoms with van der Waals surface area (Å²) in [6.07, 6.45) is 5.28. The second kappa shape index (κ2) is 5.69. The van der Waals surface area contributed by atoms with Gasteiger partial charge in [0.2, 0.25) is 0 Å². The van der Waals surface area contributed by atoms with E-state index < -0.39 is 0 Å². The molecule has 2 atom stereocenters. The van der Waals surface area contributed by atoms with Gasteiger partial charge in [-0.3, -0.25) is 9.97 Å². The fourth-order valence-corrected chi connectivity index (χ4v) is 2.62. The van der Waals surface area contributed by atoms with Crippen molar-refractivity contribution in [3.05, 3.63) is 59.2 Å². The normalized spacial score (nSPS) is 19.4. The number of ether oxygens (including phenoxy) is 1. The molecule has 20 heavy (non-hydrogen) atoms. The molecule has 4 nitrogen and oxygen atoms in total. The molecular formula is C16H19N3O. The lowest BCUT2D eigenvalue weighted by Gasteiger charge is -2.27. The number of nitrogens with zero attached hydrogens (tertiary/aromatic N) is 2. The summed E-state index contributed by atoms with van der Waals surface area (Å²) < 4.78 is 5.89. The van der Waals surface area contributed by atoms with Crippen LogP contribution in [0.5, 0.6) is 0 Å². The van der Waals surface area contributed by atoms with Gasteiger partial charge in [0.25, 0.3) is 0 Å². The van der Waals surface area contributed by atoms with E-state index in [9.17, 15) is 0 Å². The predicted molar refractivity (Wildman–Crippen MR) is 77.2 cm³/mol. The highest BCUT2D eigenvalue weighted by atomic mass is 16.5. The first-order valence-electron chi connectivity index (χ1n) is 6.97. The molecular weight excluding hydrogens is 250 g/mol. The average Bonchev–Trinajstić information content (AvgIpc) is 2.48. The van der Waals surface area contributed by atoms with E-state index in [1.54, 1.807) is 12.4 Å². The predicted octanol–water partition coefficient (Wildman–Crippen LogP) is 2.49. The van der Waals surface area contributed by atoms with E-state index in [4.69, 9.17) is 10.5 Å². The Kier molecular flexibility index (Phi) is 3.76. The zero-order valence-electron chi connectivity index (χ0n) is 11.6. The second-order valence-corrected chi connectivity index (χ2v) is 5.23. The Balaban J connectivity index is 1.77. The first-order valence-corrected chi connectivity index (χ1v) is 6.97. The number of hydrogen-bond acceptors (Lipinski definition) is 4. The van der Waals surface area contributed by atoms with Crippen LogP contribution in [0.15, 0.2) is 36.7 Å². The fourth-order valence-electron chi connectivity index (χ4n) is 2.62. The lowest BCUT2D eigenvalue weighted by atomic mass is 9.93. The highest BCUT2D eigenvalue weighted by Gasteiger charge is 2.23. The monoisotopic (exact) mass is 269 g/mol. The van der Waals surface area contributed by atoms with E-state index in [1.165, 1.54) is 11.1 Å². The Hall–Kier alpha value is -1.78. The maximum Gasteiger partial charge on any atom is 0.0846 e. The topological polar surface area (TPSA) is 61.0 Å². The third kappa shape index (κ3) is 2.71. The first kappa shape index (κ1) is 13.2. The number of benzene rings is 1. The molecule has 2 unspecified atom stereocenters. The van der Waals surface area contributed by atoms with Gasteiger partial charge in [-0.25, -0.2) is 0 Å². The maximum absolute atomic E-state index is 6.25. The average molecular weight is 269 g/mol. The molecule has 2 aromatic rings. The van der Waals surface area contributed by atoms with E-state index in [1.807, 2.05) is 6.92 Å². The zero-order valence-corrected chi connectivity index (χ0v) is 11.6. The summed E-state index contributed by atoms with van der Waals surface area (Å²) in [4.78, 5) is 8.61. The molecule has 1 aliphatic heterocycles. The van der Waals surface area contributed by atoms with Gasteiger partial charge >= 0.3 is 0 Å². The van der Waals surface area contributed by atoms with E-state index in [0.717, 1.165) is 30.8 Å². The van der Waals surface area contributed by atoms with Crippen molar-refractivity contribution < 1.29 is 4.74 Å². The highest BCUT2D eigenvalue weighted by Crippen LogP contribution is 2.32. The van der Waals surface area contributed by atoms with Gasteiger partial charge in [-0.15, -0.1) is 0 Å². The van der Waals surface area contributed by atoms with Crippen molar-refractivity contribution in [1.82, 2.24) is 9.97 Å². The Morgan fingerprint density at radius 3 is 2.95 bits per heavy atom. The van der Waals surface area contributed by atoms with E-state index in [0.29, 0.717) is 0 Å². The maximum atomic E-state index is 6.25. The van der Waals surface area contributed by atoms with Crippen LogP contribution in [-0.2, 0) is 11.2 Å². The van der Waals surface area contributed by atoms with Gasteiger partial charge in [-0.05, 0) is 30.9 Å². The third-order valence-corrected chi connectivity index (χ3v) is 3.74. The van der Waals surface area contributed by atoms with E-state index in [2.05, 4.69) is 34.2 Å².